The molecule has 0 aliphatic rings. The first-order valence-electron chi connectivity index (χ1n) is 14.8. The van der Waals surface area contributed by atoms with Crippen molar-refractivity contribution in [2.45, 2.75) is 33.3 Å². The number of rotatable bonds is 10. The van der Waals surface area contributed by atoms with E-state index in [9.17, 15) is 9.59 Å². The average molecular weight is 791 g/mol. The number of hydrogen-bond acceptors (Lipinski definition) is 4. The number of aromatic amines is 4. The summed E-state index contributed by atoms with van der Waals surface area (Å²) in [7, 11) is 0. The van der Waals surface area contributed by atoms with Crippen LogP contribution in [-0.2, 0) is 6.61 Å². The van der Waals surface area contributed by atoms with Crippen LogP contribution in [0.1, 0.15) is 46.2 Å². The van der Waals surface area contributed by atoms with Crippen molar-refractivity contribution in [3.8, 4) is 34.0 Å². The van der Waals surface area contributed by atoms with E-state index in [1.165, 1.54) is 0 Å². The summed E-state index contributed by atoms with van der Waals surface area (Å²) in [6, 6.07) is 27.6. The molecule has 0 unspecified atom stereocenters. The van der Waals surface area contributed by atoms with Gasteiger partial charge < -0.3 is 9.47 Å². The molecule has 8 nitrogen and oxygen atoms in total. The fourth-order valence-corrected chi connectivity index (χ4v) is 6.60. The van der Waals surface area contributed by atoms with E-state index in [0.29, 0.717) is 52.8 Å². The van der Waals surface area contributed by atoms with Crippen LogP contribution in [0.3, 0.4) is 0 Å². The third-order valence-electron chi connectivity index (χ3n) is 7.85. The number of nitrogens with one attached hydrogen (secondary N) is 4. The number of H-pyrrole nitrogens is 4. The number of halogens is 2. The van der Waals surface area contributed by atoms with Crippen LogP contribution in [0.2, 0.25) is 0 Å². The lowest BCUT2D eigenvalue weighted by Gasteiger charge is -2.21. The molecule has 0 aliphatic carbocycles. The van der Waals surface area contributed by atoms with Crippen LogP contribution in [-0.4, -0.2) is 27.0 Å². The zero-order valence-electron chi connectivity index (χ0n) is 25.5. The Morgan fingerprint density at radius 1 is 0.717 bits per heavy atom. The second kappa shape index (κ2) is 13.6. The molecule has 0 amide bonds. The average Bonchev–Trinajstić information content (AvgIpc) is 3.61. The topological polar surface area (TPSA) is 116 Å². The number of ether oxygens (including phenoxy) is 2. The summed E-state index contributed by atoms with van der Waals surface area (Å²) >= 11 is 5.71. The SMILES string of the molecule is CCOc1cc(C(c2c(-c3ccc(C)cc3)[nH][nH]c2=O)c2c(-c3ccc(C)cc3)[nH][nH]c2=O)cc(I)c1OCc1ccc(Br)cc1. The minimum atomic E-state index is -0.772. The van der Waals surface area contributed by atoms with E-state index in [1.807, 2.05) is 106 Å². The standard InChI is InChI=1S/C36H32BrIN4O4/c1-4-45-28-18-25(17-27(38)34(28)46-19-22-9-15-26(37)16-10-22)29(30-32(39-41-35(30)43)23-11-5-20(2)6-12-23)31-33(40-42-36(31)44)24-13-7-21(3)8-14-24/h5-18,29H,4,19H2,1-3H3,(H2,39,41,43)(H2,40,42,44). The Labute approximate surface area is 287 Å². The van der Waals surface area contributed by atoms with Crippen molar-refractivity contribution in [1.82, 2.24) is 20.4 Å². The van der Waals surface area contributed by atoms with Gasteiger partial charge in [0.15, 0.2) is 11.5 Å². The summed E-state index contributed by atoms with van der Waals surface area (Å²) in [6.07, 6.45) is 0. The van der Waals surface area contributed by atoms with Gasteiger partial charge in [-0.05, 0) is 89.9 Å². The Hall–Kier alpha value is -4.29. The molecule has 2 aromatic heterocycles. The van der Waals surface area contributed by atoms with Crippen LogP contribution in [0.5, 0.6) is 11.5 Å². The molecule has 6 rings (SSSR count). The second-order valence-corrected chi connectivity index (χ2v) is 13.2. The van der Waals surface area contributed by atoms with E-state index in [1.54, 1.807) is 0 Å². The van der Waals surface area contributed by atoms with Gasteiger partial charge in [0.2, 0.25) is 0 Å². The van der Waals surface area contributed by atoms with Crippen LogP contribution in [0.25, 0.3) is 22.5 Å². The lowest BCUT2D eigenvalue weighted by atomic mass is 9.83. The summed E-state index contributed by atoms with van der Waals surface area (Å²) in [6.45, 7) is 6.68. The largest absolute Gasteiger partial charge is 0.490 e. The molecule has 0 spiro atoms. The first-order valence-corrected chi connectivity index (χ1v) is 16.7. The minimum Gasteiger partial charge on any atom is -0.490 e. The molecule has 10 heteroatoms. The van der Waals surface area contributed by atoms with Crippen LogP contribution in [0, 0.1) is 17.4 Å². The van der Waals surface area contributed by atoms with E-state index in [0.717, 1.165) is 35.9 Å². The molecule has 6 aromatic rings. The van der Waals surface area contributed by atoms with Gasteiger partial charge in [-0.2, -0.15) is 0 Å². The third-order valence-corrected chi connectivity index (χ3v) is 9.18. The van der Waals surface area contributed by atoms with Crippen molar-refractivity contribution in [1.29, 1.82) is 0 Å². The summed E-state index contributed by atoms with van der Waals surface area (Å²) in [5, 5.41) is 11.8. The Morgan fingerprint density at radius 2 is 1.24 bits per heavy atom. The zero-order valence-corrected chi connectivity index (χ0v) is 29.2. The van der Waals surface area contributed by atoms with Gasteiger partial charge in [-0.25, -0.2) is 0 Å². The van der Waals surface area contributed by atoms with Gasteiger partial charge in [0.25, 0.3) is 11.1 Å². The minimum absolute atomic E-state index is 0.320. The van der Waals surface area contributed by atoms with E-state index >= 15 is 0 Å². The Kier molecular flexibility index (Phi) is 9.37. The highest BCUT2D eigenvalue weighted by atomic mass is 127. The lowest BCUT2D eigenvalue weighted by Crippen LogP contribution is -2.20. The zero-order chi connectivity index (χ0) is 32.4. The van der Waals surface area contributed by atoms with Gasteiger partial charge >= 0.3 is 0 Å². The number of benzene rings is 4. The lowest BCUT2D eigenvalue weighted by molar-refractivity contribution is 0.267. The van der Waals surface area contributed by atoms with E-state index in [2.05, 4.69) is 58.9 Å². The van der Waals surface area contributed by atoms with Gasteiger partial charge in [0, 0.05) is 10.4 Å². The normalized spacial score (nSPS) is 11.3. The Bertz CT molecular complexity index is 2000. The maximum absolute atomic E-state index is 13.8. The van der Waals surface area contributed by atoms with E-state index < -0.39 is 5.92 Å². The third kappa shape index (κ3) is 6.50. The summed E-state index contributed by atoms with van der Waals surface area (Å²) in [5.41, 5.74) is 6.96. The molecule has 4 aromatic carbocycles. The molecule has 0 atom stereocenters. The molecule has 2 heterocycles. The molecule has 0 saturated carbocycles. The summed E-state index contributed by atoms with van der Waals surface area (Å²) in [4.78, 5) is 27.5. The highest BCUT2D eigenvalue weighted by Gasteiger charge is 2.32. The molecule has 0 bridgehead atoms. The van der Waals surface area contributed by atoms with Crippen LogP contribution >= 0.6 is 38.5 Å². The molecule has 46 heavy (non-hydrogen) atoms. The van der Waals surface area contributed by atoms with Gasteiger partial charge in [0.05, 0.1) is 32.7 Å². The van der Waals surface area contributed by atoms with Gasteiger partial charge in [-0.15, -0.1) is 0 Å². The first kappa shape index (κ1) is 31.7. The highest BCUT2D eigenvalue weighted by Crippen LogP contribution is 2.43. The smallest absolute Gasteiger partial charge is 0.268 e. The van der Waals surface area contributed by atoms with Crippen LogP contribution in [0.4, 0.5) is 0 Å². The van der Waals surface area contributed by atoms with Crippen molar-refractivity contribution in [3.63, 3.8) is 0 Å². The van der Waals surface area contributed by atoms with Crippen molar-refractivity contribution in [2.24, 2.45) is 0 Å². The molecule has 0 fully saturated rings. The monoisotopic (exact) mass is 790 g/mol. The Morgan fingerprint density at radius 3 is 1.74 bits per heavy atom. The van der Waals surface area contributed by atoms with Crippen LogP contribution < -0.4 is 20.6 Å². The molecule has 0 saturated heterocycles. The number of aromatic nitrogens is 4. The molecule has 0 radical (unpaired) electrons. The van der Waals surface area contributed by atoms with Crippen molar-refractivity contribution < 1.29 is 9.47 Å². The maximum atomic E-state index is 13.8. The summed E-state index contributed by atoms with van der Waals surface area (Å²) < 4.78 is 14.2. The molecular formula is C36H32BrIN4O4. The number of aryl methyl sites for hydroxylation is 2. The molecule has 4 N–H and O–H groups in total. The van der Waals surface area contributed by atoms with Crippen molar-refractivity contribution in [2.75, 3.05) is 6.61 Å². The van der Waals surface area contributed by atoms with E-state index in [4.69, 9.17) is 9.47 Å². The molecular weight excluding hydrogens is 759 g/mol. The van der Waals surface area contributed by atoms with Crippen molar-refractivity contribution in [3.05, 3.63) is 147 Å². The Balaban J connectivity index is 1.55. The maximum Gasteiger partial charge on any atom is 0.268 e. The van der Waals surface area contributed by atoms with E-state index in [-0.39, 0.29) is 11.1 Å². The first-order chi connectivity index (χ1) is 22.2. The molecule has 234 valence electrons. The fraction of sp³-hybridized carbons (Fsp3) is 0.167. The predicted molar refractivity (Wildman–Crippen MR) is 193 cm³/mol. The molecule has 0 aliphatic heterocycles. The fourth-order valence-electron chi connectivity index (χ4n) is 5.55. The van der Waals surface area contributed by atoms with Gasteiger partial charge in [0.1, 0.15) is 6.61 Å². The van der Waals surface area contributed by atoms with Gasteiger partial charge in [-0.1, -0.05) is 87.7 Å². The number of hydrogen-bond donors (Lipinski definition) is 4. The quantitative estimate of drug-likeness (QED) is 0.105. The van der Waals surface area contributed by atoms with Crippen molar-refractivity contribution >= 4 is 38.5 Å². The van der Waals surface area contributed by atoms with Crippen LogP contribution in [0.15, 0.2) is 99.0 Å². The van der Waals surface area contributed by atoms with Gasteiger partial charge in [-0.3, -0.25) is 30.0 Å². The summed E-state index contributed by atoms with van der Waals surface area (Å²) in [5.74, 6) is 0.349. The predicted octanol–water partition coefficient (Wildman–Crippen LogP) is 8.20. The highest BCUT2D eigenvalue weighted by molar-refractivity contribution is 14.1. The second-order valence-electron chi connectivity index (χ2n) is 11.1.